The molecule has 104 valence electrons. The summed E-state index contributed by atoms with van der Waals surface area (Å²) in [5.74, 6) is -0.904. The molecule has 0 heterocycles. The Morgan fingerprint density at radius 1 is 0.722 bits per heavy atom. The van der Waals surface area contributed by atoms with E-state index in [4.69, 9.17) is 10.2 Å². The number of thiol groups is 2. The second kappa shape index (κ2) is 10.3. The topological polar surface area (TPSA) is 74.6 Å². The maximum Gasteiger partial charge on any atom is 0.332 e. The van der Waals surface area contributed by atoms with E-state index in [-0.39, 0.29) is 11.1 Å². The summed E-state index contributed by atoms with van der Waals surface area (Å²) in [5.41, 5.74) is 0.0619. The second-order valence-electron chi connectivity index (χ2n) is 3.93. The fraction of sp³-hybridized carbons (Fsp3) is 0.667. The van der Waals surface area contributed by atoms with Crippen molar-refractivity contribution in [1.29, 1.82) is 0 Å². The third kappa shape index (κ3) is 6.96. The molecule has 0 atom stereocenters. The van der Waals surface area contributed by atoms with Gasteiger partial charge in [-0.1, -0.05) is 0 Å². The van der Waals surface area contributed by atoms with E-state index in [0.717, 1.165) is 12.8 Å². The van der Waals surface area contributed by atoms with E-state index in [1.807, 2.05) is 0 Å². The van der Waals surface area contributed by atoms with Crippen molar-refractivity contribution in [2.24, 2.45) is 0 Å². The second-order valence-corrected chi connectivity index (χ2v) is 4.82. The Morgan fingerprint density at radius 2 is 1.06 bits per heavy atom. The zero-order valence-corrected chi connectivity index (χ0v) is 12.1. The fourth-order valence-corrected chi connectivity index (χ4v) is 2.05. The van der Waals surface area contributed by atoms with E-state index in [1.54, 1.807) is 0 Å². The van der Waals surface area contributed by atoms with E-state index < -0.39 is 11.9 Å². The number of carboxylic acids is 2. The highest BCUT2D eigenvalue weighted by molar-refractivity contribution is 7.80. The molecule has 2 N–H and O–H groups in total. The predicted molar refractivity (Wildman–Crippen MR) is 77.7 cm³/mol. The highest BCUT2D eigenvalue weighted by Crippen LogP contribution is 2.19. The molecule has 18 heavy (non-hydrogen) atoms. The van der Waals surface area contributed by atoms with Crippen molar-refractivity contribution >= 4 is 37.2 Å². The number of rotatable bonds is 10. The van der Waals surface area contributed by atoms with Gasteiger partial charge in [-0.2, -0.15) is 25.3 Å². The van der Waals surface area contributed by atoms with Gasteiger partial charge < -0.3 is 10.2 Å². The van der Waals surface area contributed by atoms with Gasteiger partial charge >= 0.3 is 11.9 Å². The summed E-state index contributed by atoms with van der Waals surface area (Å²) in [6.45, 7) is 0. The summed E-state index contributed by atoms with van der Waals surface area (Å²) in [4.78, 5) is 22.2. The van der Waals surface area contributed by atoms with Crippen LogP contribution in [0.4, 0.5) is 0 Å². The lowest BCUT2D eigenvalue weighted by Crippen LogP contribution is -2.12. The number of carbonyl (C=O) groups is 2. The zero-order valence-electron chi connectivity index (χ0n) is 10.3. The highest BCUT2D eigenvalue weighted by atomic mass is 32.1. The summed E-state index contributed by atoms with van der Waals surface area (Å²) >= 11 is 8.10. The number of aliphatic carboxylic acids is 2. The standard InChI is InChI=1S/C12H20O4S2/c13-11(14)9(5-1-3-7-17)10(12(15)16)6-2-4-8-18/h17-18H,1-8H2,(H,13,14)(H,15,16). The molecule has 0 saturated carbocycles. The third-order valence-corrected chi connectivity index (χ3v) is 3.18. The lowest BCUT2D eigenvalue weighted by molar-refractivity contribution is -0.136. The Labute approximate surface area is 118 Å². The Morgan fingerprint density at radius 3 is 1.28 bits per heavy atom. The van der Waals surface area contributed by atoms with Crippen LogP contribution in [-0.4, -0.2) is 33.7 Å². The molecule has 0 bridgehead atoms. The Balaban J connectivity index is 4.80. The first-order valence-electron chi connectivity index (χ1n) is 5.95. The largest absolute Gasteiger partial charge is 0.478 e. The first-order valence-corrected chi connectivity index (χ1v) is 7.21. The molecule has 0 aliphatic heterocycles. The van der Waals surface area contributed by atoms with Gasteiger partial charge in [-0.15, -0.1) is 0 Å². The van der Waals surface area contributed by atoms with Crippen LogP contribution in [0, 0.1) is 0 Å². The summed E-state index contributed by atoms with van der Waals surface area (Å²) in [6, 6.07) is 0. The van der Waals surface area contributed by atoms with Gasteiger partial charge in [0.25, 0.3) is 0 Å². The van der Waals surface area contributed by atoms with Crippen molar-refractivity contribution in [1.82, 2.24) is 0 Å². The molecular formula is C12H20O4S2. The van der Waals surface area contributed by atoms with E-state index in [2.05, 4.69) is 25.3 Å². The Hall–Kier alpha value is -0.620. The molecule has 4 nitrogen and oxygen atoms in total. The summed E-state index contributed by atoms with van der Waals surface area (Å²) in [7, 11) is 0. The van der Waals surface area contributed by atoms with Gasteiger partial charge in [0.15, 0.2) is 0 Å². The van der Waals surface area contributed by atoms with Crippen molar-refractivity contribution in [3.63, 3.8) is 0 Å². The lowest BCUT2D eigenvalue weighted by atomic mass is 9.98. The van der Waals surface area contributed by atoms with Gasteiger partial charge in [0, 0.05) is 11.1 Å². The van der Waals surface area contributed by atoms with Crippen molar-refractivity contribution in [3.8, 4) is 0 Å². The SMILES string of the molecule is O=C(O)C(CCCCS)=C(CCCCS)C(=O)O. The van der Waals surface area contributed by atoms with Gasteiger partial charge in [-0.3, -0.25) is 0 Å². The van der Waals surface area contributed by atoms with Crippen LogP contribution in [0.5, 0.6) is 0 Å². The molecular weight excluding hydrogens is 272 g/mol. The fourth-order valence-electron chi connectivity index (χ4n) is 1.60. The van der Waals surface area contributed by atoms with Gasteiger partial charge in [0.2, 0.25) is 0 Å². The summed E-state index contributed by atoms with van der Waals surface area (Å²) in [6.07, 6.45) is 3.44. The van der Waals surface area contributed by atoms with Crippen molar-refractivity contribution < 1.29 is 19.8 Å². The Kier molecular flexibility index (Phi) is 9.96. The molecule has 0 amide bonds. The van der Waals surface area contributed by atoms with E-state index in [9.17, 15) is 9.59 Å². The monoisotopic (exact) mass is 292 g/mol. The normalized spacial score (nSPS) is 12.1. The average molecular weight is 292 g/mol. The molecule has 6 heteroatoms. The number of hydrogen-bond acceptors (Lipinski definition) is 4. The smallest absolute Gasteiger partial charge is 0.332 e. The molecule has 0 saturated heterocycles. The number of carboxylic acid groups (broad SMARTS) is 2. The van der Waals surface area contributed by atoms with Crippen LogP contribution in [0.15, 0.2) is 11.1 Å². The number of unbranched alkanes of at least 4 members (excludes halogenated alkanes) is 2. The molecule has 0 spiro atoms. The molecule has 0 aromatic heterocycles. The van der Waals surface area contributed by atoms with E-state index in [0.29, 0.717) is 37.2 Å². The van der Waals surface area contributed by atoms with Gasteiger partial charge in [-0.25, -0.2) is 9.59 Å². The van der Waals surface area contributed by atoms with Gasteiger partial charge in [-0.05, 0) is 50.0 Å². The first-order chi connectivity index (χ1) is 8.54. The predicted octanol–water partition coefficient (Wildman–Crippen LogP) is 2.65. The Bertz CT molecular complexity index is 283. The molecule has 0 aliphatic carbocycles. The number of hydrogen-bond donors (Lipinski definition) is 4. The van der Waals surface area contributed by atoms with Crippen molar-refractivity contribution in [2.45, 2.75) is 38.5 Å². The lowest BCUT2D eigenvalue weighted by Gasteiger charge is -2.08. The minimum atomic E-state index is -1.13. The van der Waals surface area contributed by atoms with E-state index in [1.165, 1.54) is 0 Å². The third-order valence-electron chi connectivity index (χ3n) is 2.55. The molecule has 0 aromatic carbocycles. The average Bonchev–Trinajstić information content (AvgIpc) is 2.31. The zero-order chi connectivity index (χ0) is 14.0. The molecule has 0 aromatic rings. The summed E-state index contributed by atoms with van der Waals surface area (Å²) in [5, 5.41) is 18.2. The van der Waals surface area contributed by atoms with Crippen LogP contribution in [-0.2, 0) is 9.59 Å². The van der Waals surface area contributed by atoms with Crippen LogP contribution < -0.4 is 0 Å². The van der Waals surface area contributed by atoms with E-state index >= 15 is 0 Å². The van der Waals surface area contributed by atoms with Gasteiger partial charge in [0.1, 0.15) is 0 Å². The maximum atomic E-state index is 11.1. The minimum Gasteiger partial charge on any atom is -0.478 e. The molecule has 0 rings (SSSR count). The van der Waals surface area contributed by atoms with Crippen LogP contribution >= 0.6 is 25.3 Å². The van der Waals surface area contributed by atoms with Crippen molar-refractivity contribution in [2.75, 3.05) is 11.5 Å². The molecule has 0 aliphatic rings. The van der Waals surface area contributed by atoms with Crippen LogP contribution in [0.1, 0.15) is 38.5 Å². The van der Waals surface area contributed by atoms with Crippen LogP contribution in [0.2, 0.25) is 0 Å². The van der Waals surface area contributed by atoms with Gasteiger partial charge in [0.05, 0.1) is 0 Å². The molecule has 0 fully saturated rings. The highest BCUT2D eigenvalue weighted by Gasteiger charge is 2.19. The maximum absolute atomic E-state index is 11.1. The first kappa shape index (κ1) is 17.4. The minimum absolute atomic E-state index is 0.0310. The van der Waals surface area contributed by atoms with Crippen LogP contribution in [0.3, 0.4) is 0 Å². The van der Waals surface area contributed by atoms with Crippen LogP contribution in [0.25, 0.3) is 0 Å². The van der Waals surface area contributed by atoms with Crippen molar-refractivity contribution in [3.05, 3.63) is 11.1 Å². The quantitative estimate of drug-likeness (QED) is 0.284. The molecule has 0 unspecified atom stereocenters. The summed E-state index contributed by atoms with van der Waals surface area (Å²) < 4.78 is 0. The molecule has 0 radical (unpaired) electrons.